The quantitative estimate of drug-likeness (QED) is 0.382. The van der Waals surface area contributed by atoms with Crippen molar-refractivity contribution in [1.82, 2.24) is 0 Å². The molecule has 0 radical (unpaired) electrons. The Bertz CT molecular complexity index is 13.5. The first-order chi connectivity index (χ1) is 0. The van der Waals surface area contributed by atoms with Crippen LogP contribution in [0.25, 0.3) is 0 Å². The summed E-state index contributed by atoms with van der Waals surface area (Å²) in [4.78, 5) is 0. The Balaban J connectivity index is 0. The second-order valence-electron chi connectivity index (χ2n) is 0. The molecular formula is H7GaMgOZn. The summed E-state index contributed by atoms with van der Waals surface area (Å²) in [6.45, 7) is 0. The topological polar surface area (TPSA) is 31.5 Å². The van der Waals surface area contributed by atoms with Gasteiger partial charge in [0, 0.05) is 19.5 Å². The second-order valence-corrected chi connectivity index (χ2v) is 0. The van der Waals surface area contributed by atoms with Gasteiger partial charge in [0.2, 0.25) is 0 Å². The number of hydrogen-bond donors (Lipinski definition) is 0. The first kappa shape index (κ1) is 37.7. The monoisotopic (exact) mass is 180 g/mol. The van der Waals surface area contributed by atoms with Crippen molar-refractivity contribution in [2.45, 2.75) is 0 Å². The van der Waals surface area contributed by atoms with Gasteiger partial charge in [-0.2, -0.15) is 0 Å². The van der Waals surface area contributed by atoms with Crippen molar-refractivity contribution in [3.8, 4) is 0 Å². The summed E-state index contributed by atoms with van der Waals surface area (Å²) in [7, 11) is 0. The van der Waals surface area contributed by atoms with Crippen molar-refractivity contribution in [2.75, 3.05) is 0 Å². The van der Waals surface area contributed by atoms with Crippen LogP contribution in [0.4, 0.5) is 0 Å². The third-order valence-corrected chi connectivity index (χ3v) is 0. The zero-order chi connectivity index (χ0) is 0. The molecule has 0 rings (SSSR count). The molecule has 4 heavy (non-hydrogen) atoms. The zero-order valence-corrected chi connectivity index (χ0v) is 6.30. The first-order valence-electron chi connectivity index (χ1n) is 0. The predicted octanol–water partition coefficient (Wildman–Crippen LogP) is -2.17. The van der Waals surface area contributed by atoms with E-state index in [2.05, 4.69) is 0 Å². The normalized spacial score (nSPS) is 0. The van der Waals surface area contributed by atoms with Gasteiger partial charge in [-0.3, -0.25) is 0 Å². The van der Waals surface area contributed by atoms with Crippen molar-refractivity contribution in [1.29, 1.82) is 0 Å². The molecule has 0 saturated heterocycles. The molecule has 0 saturated carbocycles. The van der Waals surface area contributed by atoms with Crippen LogP contribution in [-0.2, 0) is 19.5 Å². The maximum atomic E-state index is 0. The maximum Gasteiger partial charge on any atom is 2.00 e. The van der Waals surface area contributed by atoms with Gasteiger partial charge in [0.25, 0.3) is 0 Å². The van der Waals surface area contributed by atoms with E-state index in [1.807, 2.05) is 0 Å². The van der Waals surface area contributed by atoms with Crippen LogP contribution in [0.1, 0.15) is 2.85 Å². The minimum atomic E-state index is 0. The zero-order valence-electron chi connectivity index (χ0n) is 3.91. The average Bonchev–Trinajstić information content (AvgIpc) is 0. The van der Waals surface area contributed by atoms with Gasteiger partial charge in [-0.1, -0.05) is 0 Å². The SMILES string of the molecule is O.[GaH3].[H-].[H-].[Mg+2].[Zn]. The van der Waals surface area contributed by atoms with Crippen molar-refractivity contribution in [2.24, 2.45) is 0 Å². The van der Waals surface area contributed by atoms with Crippen molar-refractivity contribution in [3.05, 3.63) is 0 Å². The first-order valence-corrected chi connectivity index (χ1v) is 0. The van der Waals surface area contributed by atoms with E-state index in [9.17, 15) is 0 Å². The molecule has 0 amide bonds. The Kier molecular flexibility index (Phi) is 189. The molecule has 2 N–H and O–H groups in total. The summed E-state index contributed by atoms with van der Waals surface area (Å²) in [6, 6.07) is 0. The number of hydrogen-bond acceptors (Lipinski definition) is 0. The van der Waals surface area contributed by atoms with Crippen LogP contribution in [0.5, 0.6) is 0 Å². The third-order valence-electron chi connectivity index (χ3n) is 0. The van der Waals surface area contributed by atoms with Gasteiger partial charge in [-0.15, -0.1) is 0 Å². The summed E-state index contributed by atoms with van der Waals surface area (Å²) >= 11 is 0. The molecule has 0 spiro atoms. The van der Waals surface area contributed by atoms with Gasteiger partial charge >= 0.3 is 42.8 Å². The van der Waals surface area contributed by atoms with E-state index in [1.54, 1.807) is 0 Å². The molecular weight excluding hydrogens is 175 g/mol. The van der Waals surface area contributed by atoms with E-state index in [0.717, 1.165) is 0 Å². The third kappa shape index (κ3) is 9.01. The summed E-state index contributed by atoms with van der Waals surface area (Å²) in [6.07, 6.45) is 0. The predicted molar refractivity (Wildman–Crippen MR) is 21.5 cm³/mol. The van der Waals surface area contributed by atoms with Gasteiger partial charge < -0.3 is 8.33 Å². The van der Waals surface area contributed by atoms with Crippen LogP contribution >= 0.6 is 0 Å². The molecule has 0 fully saturated rings. The van der Waals surface area contributed by atoms with Gasteiger partial charge in [0.1, 0.15) is 0 Å². The molecule has 0 aromatic carbocycles. The van der Waals surface area contributed by atoms with E-state index in [1.165, 1.54) is 0 Å². The van der Waals surface area contributed by atoms with E-state index in [0.29, 0.717) is 0 Å². The molecule has 0 atom stereocenters. The smallest absolute Gasteiger partial charge is 1.00 e. The maximum absolute atomic E-state index is 0. The fourth-order valence-electron chi connectivity index (χ4n) is 0. The molecule has 0 heterocycles. The molecule has 1 nitrogen and oxygen atoms in total. The van der Waals surface area contributed by atoms with E-state index < -0.39 is 0 Å². The average molecular weight is 182 g/mol. The molecule has 0 aromatic heterocycles. The Morgan fingerprint density at radius 1 is 1.25 bits per heavy atom. The Morgan fingerprint density at radius 2 is 1.25 bits per heavy atom. The molecule has 20 valence electrons. The van der Waals surface area contributed by atoms with Crippen LogP contribution in [-0.4, -0.2) is 48.3 Å². The second kappa shape index (κ2) is 20.1. The van der Waals surface area contributed by atoms with Crippen molar-refractivity contribution >= 4 is 42.8 Å². The fraction of sp³-hybridized carbons (Fsp3) is 0. The van der Waals surface area contributed by atoms with Crippen LogP contribution < -0.4 is 0 Å². The van der Waals surface area contributed by atoms with Gasteiger partial charge in [-0.05, 0) is 0 Å². The molecule has 0 unspecified atom stereocenters. The van der Waals surface area contributed by atoms with Crippen LogP contribution in [0.3, 0.4) is 0 Å². The molecule has 0 aromatic rings. The van der Waals surface area contributed by atoms with Gasteiger partial charge in [0.15, 0.2) is 0 Å². The minimum absolute atomic E-state index is 0. The van der Waals surface area contributed by atoms with Crippen LogP contribution in [0.2, 0.25) is 0 Å². The van der Waals surface area contributed by atoms with E-state index in [-0.39, 0.29) is 70.7 Å². The summed E-state index contributed by atoms with van der Waals surface area (Å²) < 4.78 is 0. The fourth-order valence-corrected chi connectivity index (χ4v) is 0. The summed E-state index contributed by atoms with van der Waals surface area (Å²) in [5.74, 6) is 0. The standard InChI is InChI=1S/Ga.Mg.H2O.Zn.5H/h;;1H2;;;;;;/q;+2;;;;;;2*-1. The van der Waals surface area contributed by atoms with E-state index in [4.69, 9.17) is 0 Å². The van der Waals surface area contributed by atoms with Crippen molar-refractivity contribution in [3.63, 3.8) is 0 Å². The van der Waals surface area contributed by atoms with Crippen LogP contribution in [0.15, 0.2) is 0 Å². The molecule has 4 heteroatoms. The molecule has 0 aliphatic rings. The Morgan fingerprint density at radius 3 is 1.25 bits per heavy atom. The number of rotatable bonds is 0. The summed E-state index contributed by atoms with van der Waals surface area (Å²) in [5.41, 5.74) is 0. The molecule has 0 bridgehead atoms. The Hall–Kier alpha value is 1.99. The van der Waals surface area contributed by atoms with Crippen molar-refractivity contribution < 1.29 is 27.8 Å². The molecule has 0 aliphatic carbocycles. The largest absolute Gasteiger partial charge is 2.00 e. The van der Waals surface area contributed by atoms with Crippen LogP contribution in [0, 0.1) is 0 Å². The van der Waals surface area contributed by atoms with E-state index >= 15 is 0 Å². The van der Waals surface area contributed by atoms with Gasteiger partial charge in [0.05, 0.1) is 0 Å². The Labute approximate surface area is 70.2 Å². The van der Waals surface area contributed by atoms with Gasteiger partial charge in [-0.25, -0.2) is 0 Å². The minimum Gasteiger partial charge on any atom is -1.00 e. The summed E-state index contributed by atoms with van der Waals surface area (Å²) in [5, 5.41) is 0. The molecule has 0 aliphatic heterocycles.